The van der Waals surface area contributed by atoms with Gasteiger partial charge < -0.3 is 15.5 Å². The molecule has 1 atom stereocenters. The number of piperidine rings is 1. The fourth-order valence-electron chi connectivity index (χ4n) is 2.36. The first-order valence-electron chi connectivity index (χ1n) is 5.96. The molecule has 0 aromatic heterocycles. The lowest BCUT2D eigenvalue weighted by Crippen LogP contribution is -2.46. The highest BCUT2D eigenvalue weighted by Gasteiger charge is 2.29. The molecule has 2 heterocycles. The van der Waals surface area contributed by atoms with E-state index in [9.17, 15) is 4.79 Å². The van der Waals surface area contributed by atoms with Crippen LogP contribution in [0.4, 0.5) is 4.79 Å². The summed E-state index contributed by atoms with van der Waals surface area (Å²) in [5, 5.41) is 0. The average molecular weight is 211 g/mol. The molecule has 0 aromatic rings. The van der Waals surface area contributed by atoms with Crippen molar-refractivity contribution >= 4 is 6.03 Å². The van der Waals surface area contributed by atoms with Gasteiger partial charge >= 0.3 is 6.03 Å². The topological polar surface area (TPSA) is 49.6 Å². The summed E-state index contributed by atoms with van der Waals surface area (Å²) in [6, 6.07) is 0.396. The van der Waals surface area contributed by atoms with E-state index >= 15 is 0 Å². The summed E-state index contributed by atoms with van der Waals surface area (Å²) in [7, 11) is 0. The van der Waals surface area contributed by atoms with Crippen LogP contribution in [0.1, 0.15) is 26.2 Å². The molecular formula is C11H21N3O. The van der Waals surface area contributed by atoms with Crippen LogP contribution >= 0.6 is 0 Å². The molecule has 2 fully saturated rings. The van der Waals surface area contributed by atoms with Gasteiger partial charge in [0.2, 0.25) is 0 Å². The van der Waals surface area contributed by atoms with Gasteiger partial charge in [-0.05, 0) is 25.2 Å². The number of amides is 2. The Bertz CT molecular complexity index is 236. The highest BCUT2D eigenvalue weighted by Crippen LogP contribution is 2.18. The molecular weight excluding hydrogens is 190 g/mol. The predicted molar refractivity (Wildman–Crippen MR) is 59.5 cm³/mol. The van der Waals surface area contributed by atoms with E-state index in [2.05, 4.69) is 6.92 Å². The molecule has 2 aliphatic rings. The Morgan fingerprint density at radius 2 is 1.73 bits per heavy atom. The smallest absolute Gasteiger partial charge is 0.320 e. The fraction of sp³-hybridized carbons (Fsp3) is 0.909. The number of hydrogen-bond acceptors (Lipinski definition) is 2. The predicted octanol–water partition coefficient (Wildman–Crippen LogP) is 0.871. The lowest BCUT2D eigenvalue weighted by Gasteiger charge is -2.33. The summed E-state index contributed by atoms with van der Waals surface area (Å²) in [5.74, 6) is 0.773. The van der Waals surface area contributed by atoms with Gasteiger partial charge in [-0.25, -0.2) is 4.79 Å². The minimum atomic E-state index is 0.192. The van der Waals surface area contributed by atoms with Crippen LogP contribution in [0.25, 0.3) is 0 Å². The summed E-state index contributed by atoms with van der Waals surface area (Å²) in [6.45, 7) is 5.68. The summed E-state index contributed by atoms with van der Waals surface area (Å²) in [4.78, 5) is 15.9. The van der Waals surface area contributed by atoms with Crippen molar-refractivity contribution in [1.29, 1.82) is 0 Å². The van der Waals surface area contributed by atoms with Crippen molar-refractivity contribution in [2.75, 3.05) is 26.2 Å². The third-order valence-electron chi connectivity index (χ3n) is 3.55. The second-order valence-corrected chi connectivity index (χ2v) is 4.95. The zero-order chi connectivity index (χ0) is 10.8. The van der Waals surface area contributed by atoms with Gasteiger partial charge in [-0.1, -0.05) is 6.92 Å². The number of urea groups is 1. The zero-order valence-electron chi connectivity index (χ0n) is 9.48. The minimum Gasteiger partial charge on any atom is -0.326 e. The molecule has 15 heavy (non-hydrogen) atoms. The Kier molecular flexibility index (Phi) is 3.14. The second kappa shape index (κ2) is 4.39. The number of carbonyl (C=O) groups excluding carboxylic acids is 1. The molecule has 2 aliphatic heterocycles. The van der Waals surface area contributed by atoms with Crippen molar-refractivity contribution in [3.63, 3.8) is 0 Å². The van der Waals surface area contributed by atoms with Gasteiger partial charge in [-0.2, -0.15) is 0 Å². The van der Waals surface area contributed by atoms with Gasteiger partial charge in [0.15, 0.2) is 0 Å². The minimum absolute atomic E-state index is 0.192. The standard InChI is InChI=1S/C11H21N3O/c1-9-2-5-13(6-3-9)11(15)14-7-4-10(12)8-14/h9-10H,2-8,12H2,1H3/t10-/m1/s1. The number of rotatable bonds is 0. The van der Waals surface area contributed by atoms with Crippen LogP contribution in [0.3, 0.4) is 0 Å². The van der Waals surface area contributed by atoms with Crippen molar-refractivity contribution in [1.82, 2.24) is 9.80 Å². The third-order valence-corrected chi connectivity index (χ3v) is 3.55. The van der Waals surface area contributed by atoms with Crippen molar-refractivity contribution in [2.45, 2.75) is 32.2 Å². The Hall–Kier alpha value is -0.770. The van der Waals surface area contributed by atoms with E-state index in [1.165, 1.54) is 0 Å². The first kappa shape index (κ1) is 10.7. The highest BCUT2D eigenvalue weighted by atomic mass is 16.2. The van der Waals surface area contributed by atoms with E-state index in [-0.39, 0.29) is 12.1 Å². The number of nitrogens with zero attached hydrogens (tertiary/aromatic N) is 2. The molecule has 4 heteroatoms. The van der Waals surface area contributed by atoms with E-state index in [0.717, 1.165) is 51.4 Å². The molecule has 0 aromatic carbocycles. The number of nitrogens with two attached hydrogens (primary N) is 1. The van der Waals surface area contributed by atoms with Crippen molar-refractivity contribution in [2.24, 2.45) is 11.7 Å². The van der Waals surface area contributed by atoms with Gasteiger partial charge in [-0.3, -0.25) is 0 Å². The second-order valence-electron chi connectivity index (χ2n) is 4.95. The van der Waals surface area contributed by atoms with E-state index in [4.69, 9.17) is 5.73 Å². The molecule has 0 bridgehead atoms. The van der Waals surface area contributed by atoms with Crippen LogP contribution in [0.5, 0.6) is 0 Å². The van der Waals surface area contributed by atoms with Crippen molar-refractivity contribution < 1.29 is 4.79 Å². The number of likely N-dealkylation sites (tertiary alicyclic amines) is 2. The normalized spacial score (nSPS) is 28.5. The third kappa shape index (κ3) is 2.43. The molecule has 0 spiro atoms. The SMILES string of the molecule is CC1CCN(C(=O)N2CC[C@@H](N)C2)CC1. The van der Waals surface area contributed by atoms with Crippen LogP contribution < -0.4 is 5.73 Å². The lowest BCUT2D eigenvalue weighted by atomic mass is 10.00. The van der Waals surface area contributed by atoms with Gasteiger partial charge in [0, 0.05) is 32.2 Å². The molecule has 86 valence electrons. The van der Waals surface area contributed by atoms with Crippen LogP contribution in [-0.4, -0.2) is 48.1 Å². The maximum Gasteiger partial charge on any atom is 0.320 e. The fourth-order valence-corrected chi connectivity index (χ4v) is 2.36. The summed E-state index contributed by atoms with van der Waals surface area (Å²) in [5.41, 5.74) is 5.80. The Morgan fingerprint density at radius 1 is 1.13 bits per heavy atom. The Morgan fingerprint density at radius 3 is 2.27 bits per heavy atom. The van der Waals surface area contributed by atoms with E-state index in [0.29, 0.717) is 0 Å². The quantitative estimate of drug-likeness (QED) is 0.646. The highest BCUT2D eigenvalue weighted by molar-refractivity contribution is 5.74. The number of carbonyl (C=O) groups is 1. The molecule has 4 nitrogen and oxygen atoms in total. The van der Waals surface area contributed by atoms with Crippen LogP contribution in [0.2, 0.25) is 0 Å². The summed E-state index contributed by atoms with van der Waals surface area (Å²) in [6.07, 6.45) is 3.24. The largest absolute Gasteiger partial charge is 0.326 e. The molecule has 0 saturated carbocycles. The van der Waals surface area contributed by atoms with E-state index in [1.54, 1.807) is 0 Å². The Labute approximate surface area is 91.4 Å². The van der Waals surface area contributed by atoms with Gasteiger partial charge in [0.05, 0.1) is 0 Å². The monoisotopic (exact) mass is 211 g/mol. The van der Waals surface area contributed by atoms with Gasteiger partial charge in [-0.15, -0.1) is 0 Å². The molecule has 0 unspecified atom stereocenters. The van der Waals surface area contributed by atoms with Crippen molar-refractivity contribution in [3.05, 3.63) is 0 Å². The van der Waals surface area contributed by atoms with Crippen LogP contribution in [0.15, 0.2) is 0 Å². The Balaban J connectivity index is 1.85. The van der Waals surface area contributed by atoms with Crippen LogP contribution in [0, 0.1) is 5.92 Å². The molecule has 2 rings (SSSR count). The molecule has 0 radical (unpaired) electrons. The zero-order valence-corrected chi connectivity index (χ0v) is 9.48. The molecule has 2 N–H and O–H groups in total. The van der Waals surface area contributed by atoms with E-state index in [1.807, 2.05) is 9.80 Å². The van der Waals surface area contributed by atoms with Crippen molar-refractivity contribution in [3.8, 4) is 0 Å². The van der Waals surface area contributed by atoms with Gasteiger partial charge in [0.25, 0.3) is 0 Å². The average Bonchev–Trinajstić information content (AvgIpc) is 2.65. The lowest BCUT2D eigenvalue weighted by molar-refractivity contribution is 0.142. The molecule has 0 aliphatic carbocycles. The molecule has 2 saturated heterocycles. The summed E-state index contributed by atoms with van der Waals surface area (Å²) < 4.78 is 0. The van der Waals surface area contributed by atoms with Crippen LogP contribution in [-0.2, 0) is 0 Å². The van der Waals surface area contributed by atoms with E-state index < -0.39 is 0 Å². The first-order valence-corrected chi connectivity index (χ1v) is 5.96. The van der Waals surface area contributed by atoms with Gasteiger partial charge in [0.1, 0.15) is 0 Å². The maximum absolute atomic E-state index is 12.0. The summed E-state index contributed by atoms with van der Waals surface area (Å²) >= 11 is 0. The first-order chi connectivity index (χ1) is 7.16. The maximum atomic E-state index is 12.0. The number of hydrogen-bond donors (Lipinski definition) is 1. The molecule has 2 amide bonds.